The molecule has 2 aromatic carbocycles. The van der Waals surface area contributed by atoms with Gasteiger partial charge in [0.25, 0.3) is 0 Å². The Bertz CT molecular complexity index is 978. The van der Waals surface area contributed by atoms with Crippen molar-refractivity contribution in [2.45, 2.75) is 24.2 Å². The van der Waals surface area contributed by atoms with Crippen LogP contribution in [0.25, 0.3) is 10.2 Å². The Balaban J connectivity index is 1.62. The van der Waals surface area contributed by atoms with E-state index >= 15 is 0 Å². The SMILES string of the molecule is CN(C)CCCN(C(=O)CCCSc1ccc(F)cc1)c1nc2ccc(Br)cc2s1. The molecule has 8 heteroatoms. The van der Waals surface area contributed by atoms with Crippen LogP contribution in [0.3, 0.4) is 0 Å². The van der Waals surface area contributed by atoms with Crippen LogP contribution in [0, 0.1) is 5.82 Å². The fourth-order valence-corrected chi connectivity index (χ4v) is 5.37. The number of carbonyl (C=O) groups is 1. The number of rotatable bonds is 10. The Morgan fingerprint density at radius 2 is 1.90 bits per heavy atom. The fourth-order valence-electron chi connectivity index (χ4n) is 2.95. The highest BCUT2D eigenvalue weighted by atomic mass is 79.9. The van der Waals surface area contributed by atoms with Crippen LogP contribution in [-0.2, 0) is 4.79 Å². The predicted octanol–water partition coefficient (Wildman–Crippen LogP) is 6.06. The van der Waals surface area contributed by atoms with Gasteiger partial charge in [0, 0.05) is 22.3 Å². The van der Waals surface area contributed by atoms with Gasteiger partial charge in [-0.2, -0.15) is 0 Å². The smallest absolute Gasteiger partial charge is 0.228 e. The fraction of sp³-hybridized carbons (Fsp3) is 0.364. The van der Waals surface area contributed by atoms with Crippen molar-refractivity contribution in [3.8, 4) is 0 Å². The van der Waals surface area contributed by atoms with E-state index in [1.807, 2.05) is 37.2 Å². The highest BCUT2D eigenvalue weighted by molar-refractivity contribution is 9.10. The number of amides is 1. The minimum Gasteiger partial charge on any atom is -0.309 e. The van der Waals surface area contributed by atoms with E-state index in [0.29, 0.717) is 13.0 Å². The van der Waals surface area contributed by atoms with Gasteiger partial charge < -0.3 is 4.90 Å². The summed E-state index contributed by atoms with van der Waals surface area (Å²) in [6.45, 7) is 1.57. The summed E-state index contributed by atoms with van der Waals surface area (Å²) in [5, 5.41) is 0.762. The van der Waals surface area contributed by atoms with Crippen molar-refractivity contribution in [1.82, 2.24) is 9.88 Å². The van der Waals surface area contributed by atoms with Gasteiger partial charge in [-0.05, 0) is 81.7 Å². The standard InChI is InChI=1S/C22H25BrFN3OS2/c1-26(2)12-4-13-27(22-25-19-11-6-16(23)15-20(19)30-22)21(28)5-3-14-29-18-9-7-17(24)8-10-18/h6-11,15H,3-5,12-14H2,1-2H3. The highest BCUT2D eigenvalue weighted by Crippen LogP contribution is 2.31. The molecule has 3 aromatic rings. The molecule has 0 fully saturated rings. The van der Waals surface area contributed by atoms with Crippen LogP contribution >= 0.6 is 39.0 Å². The van der Waals surface area contributed by atoms with Gasteiger partial charge in [-0.15, -0.1) is 11.8 Å². The number of fused-ring (bicyclic) bond motifs is 1. The summed E-state index contributed by atoms with van der Waals surface area (Å²) < 4.78 is 15.1. The molecule has 0 N–H and O–H groups in total. The first-order valence-corrected chi connectivity index (χ1v) is 12.4. The van der Waals surface area contributed by atoms with E-state index < -0.39 is 0 Å². The van der Waals surface area contributed by atoms with E-state index in [1.54, 1.807) is 35.2 Å². The molecule has 0 aliphatic heterocycles. The van der Waals surface area contributed by atoms with Gasteiger partial charge in [-0.3, -0.25) is 9.69 Å². The zero-order valence-corrected chi connectivity index (χ0v) is 20.3. The van der Waals surface area contributed by atoms with E-state index in [9.17, 15) is 9.18 Å². The topological polar surface area (TPSA) is 36.4 Å². The van der Waals surface area contributed by atoms with Gasteiger partial charge in [0.15, 0.2) is 5.13 Å². The van der Waals surface area contributed by atoms with Crippen LogP contribution in [0.5, 0.6) is 0 Å². The van der Waals surface area contributed by atoms with Crippen molar-refractivity contribution in [2.24, 2.45) is 0 Å². The van der Waals surface area contributed by atoms with Crippen molar-refractivity contribution < 1.29 is 9.18 Å². The van der Waals surface area contributed by atoms with E-state index in [4.69, 9.17) is 4.98 Å². The summed E-state index contributed by atoms with van der Waals surface area (Å²) in [6, 6.07) is 12.5. The minimum atomic E-state index is -0.231. The number of benzene rings is 2. The number of carbonyl (C=O) groups excluding carboxylic acids is 1. The van der Waals surface area contributed by atoms with Crippen LogP contribution in [0.4, 0.5) is 9.52 Å². The molecule has 0 spiro atoms. The lowest BCUT2D eigenvalue weighted by molar-refractivity contribution is -0.118. The Morgan fingerprint density at radius 1 is 1.13 bits per heavy atom. The van der Waals surface area contributed by atoms with E-state index in [1.165, 1.54) is 12.1 Å². The van der Waals surface area contributed by atoms with Crippen molar-refractivity contribution in [1.29, 1.82) is 0 Å². The Morgan fingerprint density at radius 3 is 2.63 bits per heavy atom. The summed E-state index contributed by atoms with van der Waals surface area (Å²) in [7, 11) is 4.07. The minimum absolute atomic E-state index is 0.103. The van der Waals surface area contributed by atoms with E-state index in [2.05, 4.69) is 20.8 Å². The quantitative estimate of drug-likeness (QED) is 0.246. The molecular formula is C22H25BrFN3OS2. The molecule has 1 heterocycles. The normalized spacial score (nSPS) is 11.4. The summed E-state index contributed by atoms with van der Waals surface area (Å²) >= 11 is 6.70. The largest absolute Gasteiger partial charge is 0.309 e. The van der Waals surface area contributed by atoms with Crippen LogP contribution < -0.4 is 4.90 Å². The lowest BCUT2D eigenvalue weighted by Gasteiger charge is -2.21. The number of halogens is 2. The Hall–Kier alpha value is -1.48. The second-order valence-electron chi connectivity index (χ2n) is 7.22. The monoisotopic (exact) mass is 509 g/mol. The Labute approximate surface area is 193 Å². The molecule has 1 aromatic heterocycles. The van der Waals surface area contributed by atoms with Gasteiger partial charge in [0.2, 0.25) is 5.91 Å². The van der Waals surface area contributed by atoms with Crippen LogP contribution in [0.2, 0.25) is 0 Å². The summed E-state index contributed by atoms with van der Waals surface area (Å²) in [5.41, 5.74) is 0.912. The lowest BCUT2D eigenvalue weighted by Crippen LogP contribution is -2.33. The molecule has 0 atom stereocenters. The van der Waals surface area contributed by atoms with Crippen molar-refractivity contribution >= 4 is 60.3 Å². The van der Waals surface area contributed by atoms with Crippen LogP contribution in [0.1, 0.15) is 19.3 Å². The van der Waals surface area contributed by atoms with E-state index in [0.717, 1.165) is 49.9 Å². The predicted molar refractivity (Wildman–Crippen MR) is 129 cm³/mol. The number of thioether (sulfide) groups is 1. The molecule has 0 radical (unpaired) electrons. The van der Waals surface area contributed by atoms with Gasteiger partial charge in [0.05, 0.1) is 10.2 Å². The van der Waals surface area contributed by atoms with Gasteiger partial charge >= 0.3 is 0 Å². The molecule has 1 amide bonds. The molecule has 0 unspecified atom stereocenters. The zero-order chi connectivity index (χ0) is 21.5. The number of hydrogen-bond acceptors (Lipinski definition) is 5. The van der Waals surface area contributed by atoms with E-state index in [-0.39, 0.29) is 11.7 Å². The molecule has 0 aliphatic rings. The van der Waals surface area contributed by atoms with Crippen LogP contribution in [0.15, 0.2) is 51.8 Å². The van der Waals surface area contributed by atoms with Crippen molar-refractivity contribution in [2.75, 3.05) is 37.8 Å². The second-order valence-corrected chi connectivity index (χ2v) is 10.3. The summed E-state index contributed by atoms with van der Waals surface area (Å²) in [5.74, 6) is 0.688. The summed E-state index contributed by atoms with van der Waals surface area (Å²) in [6.07, 6.45) is 2.12. The maximum atomic E-state index is 13.0. The molecular weight excluding hydrogens is 485 g/mol. The van der Waals surface area contributed by atoms with Crippen molar-refractivity contribution in [3.63, 3.8) is 0 Å². The molecule has 0 saturated carbocycles. The first kappa shape index (κ1) is 23.2. The number of aromatic nitrogens is 1. The first-order valence-electron chi connectivity index (χ1n) is 9.82. The van der Waals surface area contributed by atoms with Gasteiger partial charge in [-0.1, -0.05) is 27.3 Å². The summed E-state index contributed by atoms with van der Waals surface area (Å²) in [4.78, 5) is 22.7. The molecule has 0 saturated heterocycles. The number of anilines is 1. The third-order valence-electron chi connectivity index (χ3n) is 4.48. The zero-order valence-electron chi connectivity index (χ0n) is 17.1. The highest BCUT2D eigenvalue weighted by Gasteiger charge is 2.19. The molecule has 3 rings (SSSR count). The first-order chi connectivity index (χ1) is 14.4. The molecule has 4 nitrogen and oxygen atoms in total. The van der Waals surface area contributed by atoms with Gasteiger partial charge in [-0.25, -0.2) is 9.37 Å². The number of nitrogens with zero attached hydrogens (tertiary/aromatic N) is 3. The molecule has 30 heavy (non-hydrogen) atoms. The van der Waals surface area contributed by atoms with Crippen LogP contribution in [-0.4, -0.2) is 48.7 Å². The molecule has 0 aliphatic carbocycles. The number of thiazole rings is 1. The maximum Gasteiger partial charge on any atom is 0.228 e. The third kappa shape index (κ3) is 6.77. The average Bonchev–Trinajstić information content (AvgIpc) is 3.12. The van der Waals surface area contributed by atoms with Gasteiger partial charge in [0.1, 0.15) is 5.82 Å². The molecule has 160 valence electrons. The lowest BCUT2D eigenvalue weighted by atomic mass is 10.3. The van der Waals surface area contributed by atoms with Crippen molar-refractivity contribution in [3.05, 3.63) is 52.8 Å². The second kappa shape index (κ2) is 11.2. The molecule has 0 bridgehead atoms. The Kier molecular flexibility index (Phi) is 8.68. The number of hydrogen-bond donors (Lipinski definition) is 0. The average molecular weight is 510 g/mol. The third-order valence-corrected chi connectivity index (χ3v) is 7.11. The maximum absolute atomic E-state index is 13.0.